The van der Waals surface area contributed by atoms with Gasteiger partial charge in [-0.1, -0.05) is 83.2 Å². The predicted molar refractivity (Wildman–Crippen MR) is 144 cm³/mol. The molecule has 7 heteroatoms. The fourth-order valence-corrected chi connectivity index (χ4v) is 5.08. The lowest BCUT2D eigenvalue weighted by Gasteiger charge is -2.38. The minimum atomic E-state index is -1.32. The van der Waals surface area contributed by atoms with E-state index in [0.29, 0.717) is 18.8 Å². The van der Waals surface area contributed by atoms with Crippen molar-refractivity contribution in [2.45, 2.75) is 24.5 Å². The largest absolute Gasteiger partial charge is 0.447 e. The summed E-state index contributed by atoms with van der Waals surface area (Å²) in [4.78, 5) is 8.88. The number of aryl methyl sites for hydroxylation is 1. The third-order valence-corrected chi connectivity index (χ3v) is 6.84. The van der Waals surface area contributed by atoms with Gasteiger partial charge in [0.1, 0.15) is 18.3 Å². The maximum atomic E-state index is 12.7. The fraction of sp³-hybridized carbons (Fsp3) is 0.138. The first-order chi connectivity index (χ1) is 17.6. The van der Waals surface area contributed by atoms with Crippen LogP contribution in [0.1, 0.15) is 29.0 Å². The fourth-order valence-electron chi connectivity index (χ4n) is 4.70. The van der Waals surface area contributed by atoms with Gasteiger partial charge in [0.05, 0.1) is 11.8 Å². The molecule has 0 amide bonds. The molecule has 2 aromatic heterocycles. The van der Waals surface area contributed by atoms with Crippen LogP contribution in [0.25, 0.3) is 10.9 Å². The number of hydrogen-bond acceptors (Lipinski definition) is 5. The summed E-state index contributed by atoms with van der Waals surface area (Å²) in [7, 11) is 0. The number of halogens is 1. The van der Waals surface area contributed by atoms with Gasteiger partial charge in [0.2, 0.25) is 5.88 Å². The lowest BCUT2D eigenvalue weighted by atomic mass is 9.71. The molecule has 0 aliphatic rings. The molecule has 0 spiro atoms. The third kappa shape index (κ3) is 4.80. The number of aromatic nitrogens is 4. The molecular formula is C29H25BrN4O2. The smallest absolute Gasteiger partial charge is 0.222 e. The van der Waals surface area contributed by atoms with Crippen molar-refractivity contribution in [3.05, 3.63) is 132 Å². The number of benzene rings is 3. The highest BCUT2D eigenvalue weighted by molar-refractivity contribution is 9.10. The van der Waals surface area contributed by atoms with E-state index in [4.69, 9.17) is 9.72 Å². The van der Waals surface area contributed by atoms with Gasteiger partial charge >= 0.3 is 0 Å². The van der Waals surface area contributed by atoms with E-state index in [1.807, 2.05) is 84.9 Å². The van der Waals surface area contributed by atoms with E-state index in [9.17, 15) is 5.11 Å². The standard InChI is InChI=1S/C29H25BrN4O2/c1-2-36-28-25(18-22-17-24(30)13-14-26(22)33-28)27(21-9-5-3-6-10-21)29(35,23-11-7-4-8-12-23)15-16-34-20-31-19-32-34/h2-14,17-20,27,35H,1,15-16H2. The summed E-state index contributed by atoms with van der Waals surface area (Å²) in [5, 5.41) is 17.9. The van der Waals surface area contributed by atoms with Gasteiger partial charge < -0.3 is 9.84 Å². The monoisotopic (exact) mass is 540 g/mol. The first-order valence-corrected chi connectivity index (χ1v) is 12.4. The molecule has 6 nitrogen and oxygen atoms in total. The average Bonchev–Trinajstić information content (AvgIpc) is 3.43. The second kappa shape index (κ2) is 10.4. The summed E-state index contributed by atoms with van der Waals surface area (Å²) >= 11 is 3.57. The molecule has 0 bridgehead atoms. The van der Waals surface area contributed by atoms with Crippen molar-refractivity contribution in [1.29, 1.82) is 0 Å². The molecule has 3 aromatic carbocycles. The van der Waals surface area contributed by atoms with Crippen molar-refractivity contribution in [2.75, 3.05) is 0 Å². The van der Waals surface area contributed by atoms with Gasteiger partial charge in [-0.2, -0.15) is 5.10 Å². The Labute approximate surface area is 218 Å². The molecule has 0 saturated heterocycles. The number of aliphatic hydroxyl groups is 1. The zero-order chi connectivity index (χ0) is 25.0. The highest BCUT2D eigenvalue weighted by atomic mass is 79.9. The Kier molecular flexibility index (Phi) is 6.93. The van der Waals surface area contributed by atoms with Crippen LogP contribution in [0.15, 0.2) is 115 Å². The van der Waals surface area contributed by atoms with Crippen molar-refractivity contribution < 1.29 is 9.84 Å². The van der Waals surface area contributed by atoms with Crippen molar-refractivity contribution in [3.63, 3.8) is 0 Å². The van der Waals surface area contributed by atoms with Gasteiger partial charge in [-0.15, -0.1) is 0 Å². The van der Waals surface area contributed by atoms with Crippen LogP contribution in [-0.4, -0.2) is 24.9 Å². The molecular weight excluding hydrogens is 516 g/mol. The van der Waals surface area contributed by atoms with Gasteiger partial charge in [0.25, 0.3) is 0 Å². The molecule has 0 radical (unpaired) electrons. The van der Waals surface area contributed by atoms with Crippen molar-refractivity contribution in [2.24, 2.45) is 0 Å². The van der Waals surface area contributed by atoms with Crippen LogP contribution in [0, 0.1) is 0 Å². The molecule has 5 rings (SSSR count). The van der Waals surface area contributed by atoms with E-state index in [-0.39, 0.29) is 0 Å². The Morgan fingerprint density at radius 2 is 1.78 bits per heavy atom. The molecule has 2 atom stereocenters. The van der Waals surface area contributed by atoms with Gasteiger partial charge in [0.15, 0.2) is 0 Å². The molecule has 1 N–H and O–H groups in total. The number of hydrogen-bond donors (Lipinski definition) is 1. The number of rotatable bonds is 9. The zero-order valence-corrected chi connectivity index (χ0v) is 21.1. The highest BCUT2D eigenvalue weighted by Crippen LogP contribution is 2.47. The minimum absolute atomic E-state index is 0.379. The lowest BCUT2D eigenvalue weighted by molar-refractivity contribution is 0.00467. The third-order valence-electron chi connectivity index (χ3n) is 6.35. The van der Waals surface area contributed by atoms with Crippen LogP contribution < -0.4 is 4.74 Å². The summed E-state index contributed by atoms with van der Waals surface area (Å²) in [5.41, 5.74) is 1.95. The second-order valence-electron chi connectivity index (χ2n) is 8.55. The Hall–Kier alpha value is -3.81. The zero-order valence-electron chi connectivity index (χ0n) is 19.5. The SMILES string of the molecule is C=COc1nc2ccc(Br)cc2cc1C(c1ccccc1)C(O)(CCn1cncn1)c1ccccc1. The first-order valence-electron chi connectivity index (χ1n) is 11.6. The molecule has 0 aliphatic carbocycles. The van der Waals surface area contributed by atoms with Gasteiger partial charge in [-0.3, -0.25) is 4.68 Å². The topological polar surface area (TPSA) is 73.1 Å². The van der Waals surface area contributed by atoms with Crippen molar-refractivity contribution >= 4 is 26.8 Å². The van der Waals surface area contributed by atoms with E-state index in [1.165, 1.54) is 12.6 Å². The average molecular weight is 541 g/mol. The van der Waals surface area contributed by atoms with Crippen molar-refractivity contribution in [3.8, 4) is 5.88 Å². The molecule has 5 aromatic rings. The summed E-state index contributed by atoms with van der Waals surface area (Å²) in [6.45, 7) is 4.23. The number of ether oxygens (including phenoxy) is 1. The maximum Gasteiger partial charge on any atom is 0.222 e. The van der Waals surface area contributed by atoms with Crippen LogP contribution >= 0.6 is 15.9 Å². The normalized spacial score (nSPS) is 13.7. The quantitative estimate of drug-likeness (QED) is 0.224. The van der Waals surface area contributed by atoms with Crippen LogP contribution in [0.3, 0.4) is 0 Å². The molecule has 0 aliphatic heterocycles. The highest BCUT2D eigenvalue weighted by Gasteiger charge is 2.42. The molecule has 180 valence electrons. The summed E-state index contributed by atoms with van der Waals surface area (Å²) in [5.74, 6) is -0.0979. The molecule has 0 saturated carbocycles. The van der Waals surface area contributed by atoms with E-state index < -0.39 is 11.5 Å². The Morgan fingerprint density at radius 3 is 2.47 bits per heavy atom. The van der Waals surface area contributed by atoms with E-state index in [1.54, 1.807) is 11.0 Å². The summed E-state index contributed by atoms with van der Waals surface area (Å²) < 4.78 is 8.54. The van der Waals surface area contributed by atoms with E-state index in [2.05, 4.69) is 32.6 Å². The van der Waals surface area contributed by atoms with Crippen LogP contribution in [-0.2, 0) is 12.1 Å². The molecule has 36 heavy (non-hydrogen) atoms. The van der Waals surface area contributed by atoms with Crippen LogP contribution in [0.5, 0.6) is 5.88 Å². The van der Waals surface area contributed by atoms with Gasteiger partial charge in [-0.25, -0.2) is 9.97 Å². The summed E-state index contributed by atoms with van der Waals surface area (Å²) in [6, 6.07) is 27.6. The number of fused-ring (bicyclic) bond motifs is 1. The molecule has 0 fully saturated rings. The molecule has 2 unspecified atom stereocenters. The number of nitrogens with zero attached hydrogens (tertiary/aromatic N) is 4. The minimum Gasteiger partial charge on any atom is -0.447 e. The lowest BCUT2D eigenvalue weighted by Crippen LogP contribution is -2.36. The van der Waals surface area contributed by atoms with Gasteiger partial charge in [0, 0.05) is 34.3 Å². The second-order valence-corrected chi connectivity index (χ2v) is 9.46. The van der Waals surface area contributed by atoms with E-state index in [0.717, 1.165) is 32.1 Å². The Morgan fingerprint density at radius 1 is 1.03 bits per heavy atom. The van der Waals surface area contributed by atoms with Gasteiger partial charge in [-0.05, 0) is 35.4 Å². The van der Waals surface area contributed by atoms with Crippen molar-refractivity contribution in [1.82, 2.24) is 19.7 Å². The first kappa shape index (κ1) is 23.9. The van der Waals surface area contributed by atoms with E-state index >= 15 is 0 Å². The Balaban J connectivity index is 1.76. The summed E-state index contributed by atoms with van der Waals surface area (Å²) in [6.07, 6.45) is 4.90. The number of pyridine rings is 1. The predicted octanol–water partition coefficient (Wildman–Crippen LogP) is 6.22. The molecule has 2 heterocycles. The van der Waals surface area contributed by atoms with Crippen LogP contribution in [0.2, 0.25) is 0 Å². The van der Waals surface area contributed by atoms with Crippen LogP contribution in [0.4, 0.5) is 0 Å². The Bertz CT molecular complexity index is 1460. The maximum absolute atomic E-state index is 12.7.